The van der Waals surface area contributed by atoms with E-state index < -0.39 is 5.95 Å². The van der Waals surface area contributed by atoms with E-state index in [-0.39, 0.29) is 0 Å². The van der Waals surface area contributed by atoms with Gasteiger partial charge in [-0.3, -0.25) is 4.98 Å². The van der Waals surface area contributed by atoms with Gasteiger partial charge < -0.3 is 0 Å². The van der Waals surface area contributed by atoms with Crippen LogP contribution in [0.15, 0.2) is 36.8 Å². The lowest BCUT2D eigenvalue weighted by Gasteiger charge is -1.99. The van der Waals surface area contributed by atoms with Gasteiger partial charge in [0.1, 0.15) is 0 Å². The molecule has 0 atom stereocenters. The maximum absolute atomic E-state index is 13.1. The quantitative estimate of drug-likeness (QED) is 0.617. The molecule has 0 saturated heterocycles. The summed E-state index contributed by atoms with van der Waals surface area (Å²) in [5.41, 5.74) is 1.14. The molecule has 13 heavy (non-hydrogen) atoms. The van der Waals surface area contributed by atoms with E-state index in [0.29, 0.717) is 11.1 Å². The lowest BCUT2D eigenvalue weighted by atomic mass is 10.1. The van der Waals surface area contributed by atoms with Crippen LogP contribution in [0.3, 0.4) is 0 Å². The molecule has 2 aromatic rings. The minimum Gasteiger partial charge on any atom is -0.264 e. The first-order chi connectivity index (χ1) is 6.38. The largest absolute Gasteiger partial charge is 0.264 e. The van der Waals surface area contributed by atoms with E-state index in [1.165, 1.54) is 6.20 Å². The topological polar surface area (TPSA) is 25.8 Å². The molecular weight excluding hydrogens is 167 g/mol. The fourth-order valence-corrected chi connectivity index (χ4v) is 1.07. The smallest absolute Gasteiger partial charge is 0.220 e. The molecule has 0 amide bonds. The zero-order valence-corrected chi connectivity index (χ0v) is 6.74. The Balaban J connectivity index is 2.54. The highest BCUT2D eigenvalue weighted by atomic mass is 19.1. The minimum absolute atomic E-state index is 0.426. The normalized spacial score (nSPS) is 9.92. The van der Waals surface area contributed by atoms with Gasteiger partial charge in [-0.1, -0.05) is 6.07 Å². The predicted molar refractivity (Wildman–Crippen MR) is 46.3 cm³/mol. The second-order valence-corrected chi connectivity index (χ2v) is 2.52. The summed E-state index contributed by atoms with van der Waals surface area (Å²) in [5, 5.41) is 0. The van der Waals surface area contributed by atoms with E-state index in [1.807, 2.05) is 0 Å². The first kappa shape index (κ1) is 7.86. The summed E-state index contributed by atoms with van der Waals surface area (Å²) < 4.78 is 13.1. The molecule has 2 aromatic heterocycles. The molecule has 0 N–H and O–H groups in total. The highest BCUT2D eigenvalue weighted by Gasteiger charge is 2.03. The molecule has 0 aliphatic carbocycles. The molecule has 1 radical (unpaired) electrons. The van der Waals surface area contributed by atoms with Gasteiger partial charge in [0.25, 0.3) is 0 Å². The van der Waals surface area contributed by atoms with Crippen molar-refractivity contribution in [3.05, 3.63) is 48.8 Å². The van der Waals surface area contributed by atoms with Crippen LogP contribution in [-0.4, -0.2) is 9.97 Å². The van der Waals surface area contributed by atoms with Crippen LogP contribution in [0.4, 0.5) is 4.39 Å². The molecule has 0 bridgehead atoms. The number of hydrogen-bond donors (Lipinski definition) is 0. The molecule has 0 saturated carbocycles. The van der Waals surface area contributed by atoms with Crippen molar-refractivity contribution in [1.82, 2.24) is 9.97 Å². The van der Waals surface area contributed by atoms with Crippen molar-refractivity contribution in [3.63, 3.8) is 0 Å². The molecule has 0 aliphatic rings. The van der Waals surface area contributed by atoms with Crippen molar-refractivity contribution in [2.45, 2.75) is 0 Å². The Bertz CT molecular complexity index is 401. The second kappa shape index (κ2) is 3.31. The van der Waals surface area contributed by atoms with Gasteiger partial charge in [0.05, 0.1) is 0 Å². The summed E-state index contributed by atoms with van der Waals surface area (Å²) in [6.07, 6.45) is 4.53. The Labute approximate surface area is 75.1 Å². The maximum atomic E-state index is 13.1. The zero-order chi connectivity index (χ0) is 9.10. The van der Waals surface area contributed by atoms with Crippen LogP contribution in [0.1, 0.15) is 0 Å². The summed E-state index contributed by atoms with van der Waals surface area (Å²) in [4.78, 5) is 7.40. The Morgan fingerprint density at radius 1 is 1.38 bits per heavy atom. The van der Waals surface area contributed by atoms with Crippen LogP contribution in [0, 0.1) is 12.0 Å². The van der Waals surface area contributed by atoms with Gasteiger partial charge >= 0.3 is 0 Å². The summed E-state index contributed by atoms with van der Waals surface area (Å²) in [5.74, 6) is -0.494. The van der Waals surface area contributed by atoms with Crippen LogP contribution < -0.4 is 0 Å². The Kier molecular flexibility index (Phi) is 2.00. The Hall–Kier alpha value is -1.77. The van der Waals surface area contributed by atoms with Crippen LogP contribution in [0.25, 0.3) is 11.1 Å². The average molecular weight is 173 g/mol. The zero-order valence-electron chi connectivity index (χ0n) is 6.74. The third kappa shape index (κ3) is 1.54. The highest BCUT2D eigenvalue weighted by molar-refractivity contribution is 5.61. The fraction of sp³-hybridized carbons (Fsp3) is 0. The minimum atomic E-state index is -0.494. The molecule has 0 aromatic carbocycles. The Morgan fingerprint density at radius 3 is 3.00 bits per heavy atom. The van der Waals surface area contributed by atoms with E-state index in [1.54, 1.807) is 30.6 Å². The fourth-order valence-electron chi connectivity index (χ4n) is 1.07. The first-order valence-corrected chi connectivity index (χ1v) is 3.80. The maximum Gasteiger partial charge on any atom is 0.220 e. The van der Waals surface area contributed by atoms with Gasteiger partial charge in [0.2, 0.25) is 5.95 Å². The number of hydrogen-bond acceptors (Lipinski definition) is 2. The van der Waals surface area contributed by atoms with Crippen LogP contribution in [0.5, 0.6) is 0 Å². The summed E-state index contributed by atoms with van der Waals surface area (Å²) >= 11 is 0. The van der Waals surface area contributed by atoms with Crippen molar-refractivity contribution in [1.29, 1.82) is 0 Å². The van der Waals surface area contributed by atoms with Gasteiger partial charge in [0.15, 0.2) is 0 Å². The van der Waals surface area contributed by atoms with Crippen molar-refractivity contribution < 1.29 is 4.39 Å². The number of rotatable bonds is 1. The molecule has 2 nitrogen and oxygen atoms in total. The molecular formula is C10H6FN2. The molecule has 2 heterocycles. The SMILES string of the molecule is Fc1nc[c]cc1-c1cccnc1. The lowest BCUT2D eigenvalue weighted by molar-refractivity contribution is 0.587. The summed E-state index contributed by atoms with van der Waals surface area (Å²) in [7, 11) is 0. The first-order valence-electron chi connectivity index (χ1n) is 3.80. The number of halogens is 1. The van der Waals surface area contributed by atoms with Crippen molar-refractivity contribution in [3.8, 4) is 11.1 Å². The van der Waals surface area contributed by atoms with Crippen molar-refractivity contribution in [2.24, 2.45) is 0 Å². The predicted octanol–water partition coefficient (Wildman–Crippen LogP) is 2.08. The van der Waals surface area contributed by atoms with E-state index in [0.717, 1.165) is 0 Å². The van der Waals surface area contributed by atoms with Gasteiger partial charge in [0, 0.05) is 35.8 Å². The van der Waals surface area contributed by atoms with E-state index in [9.17, 15) is 4.39 Å². The molecule has 63 valence electrons. The van der Waals surface area contributed by atoms with Gasteiger partial charge in [-0.25, -0.2) is 4.98 Å². The number of aromatic nitrogens is 2. The van der Waals surface area contributed by atoms with Crippen molar-refractivity contribution >= 4 is 0 Å². The monoisotopic (exact) mass is 173 g/mol. The highest BCUT2D eigenvalue weighted by Crippen LogP contribution is 2.18. The van der Waals surface area contributed by atoms with Crippen LogP contribution >= 0.6 is 0 Å². The van der Waals surface area contributed by atoms with Gasteiger partial charge in [-0.05, 0) is 12.1 Å². The Morgan fingerprint density at radius 2 is 2.31 bits per heavy atom. The van der Waals surface area contributed by atoms with Gasteiger partial charge in [-0.2, -0.15) is 4.39 Å². The average Bonchev–Trinajstić information content (AvgIpc) is 2.20. The molecule has 0 unspecified atom stereocenters. The van der Waals surface area contributed by atoms with E-state index >= 15 is 0 Å². The molecule has 0 aliphatic heterocycles. The molecule has 2 rings (SSSR count). The molecule has 3 heteroatoms. The second-order valence-electron chi connectivity index (χ2n) is 2.52. The third-order valence-corrected chi connectivity index (χ3v) is 1.67. The molecule has 0 spiro atoms. The van der Waals surface area contributed by atoms with E-state index in [4.69, 9.17) is 0 Å². The van der Waals surface area contributed by atoms with Crippen LogP contribution in [0.2, 0.25) is 0 Å². The summed E-state index contributed by atoms with van der Waals surface area (Å²) in [6, 6.07) is 7.81. The lowest BCUT2D eigenvalue weighted by Crippen LogP contribution is -1.87. The van der Waals surface area contributed by atoms with Crippen LogP contribution in [-0.2, 0) is 0 Å². The number of pyridine rings is 2. The van der Waals surface area contributed by atoms with Crippen molar-refractivity contribution in [2.75, 3.05) is 0 Å². The number of nitrogens with zero attached hydrogens (tertiary/aromatic N) is 2. The third-order valence-electron chi connectivity index (χ3n) is 1.67. The standard InChI is InChI=1S/C10H6FN2/c11-10-9(4-2-6-13-10)8-3-1-5-12-7-8/h1,3-7H. The van der Waals surface area contributed by atoms with Gasteiger partial charge in [-0.15, -0.1) is 0 Å². The molecule has 0 fully saturated rings. The summed E-state index contributed by atoms with van der Waals surface area (Å²) in [6.45, 7) is 0. The van der Waals surface area contributed by atoms with E-state index in [2.05, 4.69) is 16.0 Å².